The minimum Gasteiger partial charge on any atom is -0.391 e. The Morgan fingerprint density at radius 1 is 1.42 bits per heavy atom. The van der Waals surface area contributed by atoms with E-state index in [1.54, 1.807) is 6.07 Å². The van der Waals surface area contributed by atoms with Gasteiger partial charge in [0.25, 0.3) is 0 Å². The molecule has 1 aromatic rings. The van der Waals surface area contributed by atoms with Crippen LogP contribution in [-0.4, -0.2) is 43.1 Å². The number of nitrogens with zero attached hydrogens (tertiary/aromatic N) is 1. The van der Waals surface area contributed by atoms with Gasteiger partial charge in [0.1, 0.15) is 4.90 Å². The Bertz CT molecular complexity index is 574. The highest BCUT2D eigenvalue weighted by Crippen LogP contribution is 2.36. The first kappa shape index (κ1) is 14.0. The van der Waals surface area contributed by atoms with E-state index in [1.807, 2.05) is 0 Å². The second-order valence-electron chi connectivity index (χ2n) is 4.79. The minimum atomic E-state index is -3.50. The fraction of sp³-hybridized carbons (Fsp3) is 0.636. The zero-order valence-corrected chi connectivity index (χ0v) is 13.3. The molecule has 2 bridgehead atoms. The van der Waals surface area contributed by atoms with Gasteiger partial charge in [-0.15, -0.1) is 11.3 Å². The third-order valence-electron chi connectivity index (χ3n) is 3.49. The molecule has 1 N–H and O–H groups in total. The summed E-state index contributed by atoms with van der Waals surface area (Å²) in [5.74, 6) is 0. The van der Waals surface area contributed by atoms with Crippen LogP contribution in [0.5, 0.6) is 0 Å². The SMILES string of the molecule is O=S(=O)(c1cc(CO)sc1Br)N1CC2CCC(C1)O2. The third kappa shape index (κ3) is 2.50. The molecule has 106 valence electrons. The largest absolute Gasteiger partial charge is 0.391 e. The Balaban J connectivity index is 1.91. The Kier molecular flexibility index (Phi) is 3.74. The molecule has 2 aliphatic heterocycles. The maximum absolute atomic E-state index is 12.6. The van der Waals surface area contributed by atoms with Gasteiger partial charge in [0.15, 0.2) is 0 Å². The van der Waals surface area contributed by atoms with Gasteiger partial charge in [0, 0.05) is 18.0 Å². The summed E-state index contributed by atoms with van der Waals surface area (Å²) >= 11 is 4.53. The lowest BCUT2D eigenvalue weighted by Crippen LogP contribution is -2.45. The molecule has 0 aliphatic carbocycles. The van der Waals surface area contributed by atoms with Gasteiger partial charge in [-0.05, 0) is 34.8 Å². The lowest BCUT2D eigenvalue weighted by molar-refractivity contribution is -0.0114. The molecule has 2 unspecified atom stereocenters. The van der Waals surface area contributed by atoms with E-state index < -0.39 is 10.0 Å². The van der Waals surface area contributed by atoms with Crippen LogP contribution in [-0.2, 0) is 21.4 Å². The Morgan fingerprint density at radius 3 is 2.58 bits per heavy atom. The topological polar surface area (TPSA) is 66.8 Å². The molecular weight excluding hydrogens is 354 g/mol. The Hall–Kier alpha value is 0.01000. The molecule has 8 heteroatoms. The Labute approximate surface area is 124 Å². The first-order chi connectivity index (χ1) is 9.00. The Morgan fingerprint density at radius 2 is 2.05 bits per heavy atom. The quantitative estimate of drug-likeness (QED) is 0.879. The summed E-state index contributed by atoms with van der Waals surface area (Å²) in [4.78, 5) is 0.893. The number of fused-ring (bicyclic) bond motifs is 2. The molecule has 2 atom stereocenters. The molecule has 3 rings (SSSR count). The van der Waals surface area contributed by atoms with E-state index in [0.717, 1.165) is 12.8 Å². The van der Waals surface area contributed by atoms with Crippen molar-refractivity contribution in [1.29, 1.82) is 0 Å². The van der Waals surface area contributed by atoms with Gasteiger partial charge in [-0.2, -0.15) is 4.31 Å². The fourth-order valence-corrected chi connectivity index (χ4v) is 6.56. The van der Waals surface area contributed by atoms with Gasteiger partial charge >= 0.3 is 0 Å². The third-order valence-corrected chi connectivity index (χ3v) is 7.56. The van der Waals surface area contributed by atoms with Gasteiger partial charge in [0.05, 0.1) is 22.6 Å². The summed E-state index contributed by atoms with van der Waals surface area (Å²) in [5, 5.41) is 9.11. The molecular formula is C11H14BrNO4S2. The van der Waals surface area contributed by atoms with Crippen molar-refractivity contribution >= 4 is 37.3 Å². The van der Waals surface area contributed by atoms with E-state index in [4.69, 9.17) is 9.84 Å². The van der Waals surface area contributed by atoms with E-state index in [1.165, 1.54) is 15.6 Å². The molecule has 0 amide bonds. The molecule has 1 aromatic heterocycles. The van der Waals surface area contributed by atoms with Crippen LogP contribution in [0.1, 0.15) is 17.7 Å². The average molecular weight is 368 g/mol. The average Bonchev–Trinajstić information content (AvgIpc) is 2.92. The summed E-state index contributed by atoms with van der Waals surface area (Å²) in [6.07, 6.45) is 1.93. The maximum atomic E-state index is 12.6. The number of halogens is 1. The molecule has 3 heterocycles. The van der Waals surface area contributed by atoms with Gasteiger partial charge in [-0.1, -0.05) is 0 Å². The molecule has 0 saturated carbocycles. The smallest absolute Gasteiger partial charge is 0.245 e. The number of morpholine rings is 1. The second kappa shape index (κ2) is 5.09. The van der Waals surface area contributed by atoms with Crippen molar-refractivity contribution < 1.29 is 18.3 Å². The van der Waals surface area contributed by atoms with E-state index >= 15 is 0 Å². The van der Waals surface area contributed by atoms with Crippen LogP contribution in [0.25, 0.3) is 0 Å². The van der Waals surface area contributed by atoms with Gasteiger partial charge in [0.2, 0.25) is 10.0 Å². The maximum Gasteiger partial charge on any atom is 0.245 e. The van der Waals surface area contributed by atoms with Crippen molar-refractivity contribution in [1.82, 2.24) is 4.31 Å². The van der Waals surface area contributed by atoms with Crippen LogP contribution in [0.4, 0.5) is 0 Å². The molecule has 0 radical (unpaired) electrons. The van der Waals surface area contributed by atoms with E-state index in [-0.39, 0.29) is 23.7 Å². The normalized spacial score (nSPS) is 27.9. The number of rotatable bonds is 3. The van der Waals surface area contributed by atoms with Crippen LogP contribution in [0, 0.1) is 0 Å². The molecule has 2 fully saturated rings. The molecule has 2 saturated heterocycles. The number of aliphatic hydroxyl groups is 1. The fourth-order valence-electron chi connectivity index (χ4n) is 2.56. The van der Waals surface area contributed by atoms with Gasteiger partial charge < -0.3 is 9.84 Å². The molecule has 5 nitrogen and oxygen atoms in total. The number of aliphatic hydroxyl groups excluding tert-OH is 1. The summed E-state index contributed by atoms with van der Waals surface area (Å²) < 4.78 is 33.0. The van der Waals surface area contributed by atoms with Crippen molar-refractivity contribution in [3.8, 4) is 0 Å². The predicted molar refractivity (Wildman–Crippen MR) is 74.6 cm³/mol. The lowest BCUT2D eigenvalue weighted by Gasteiger charge is -2.31. The monoisotopic (exact) mass is 367 g/mol. The van der Waals surface area contributed by atoms with E-state index in [2.05, 4.69) is 15.9 Å². The number of hydrogen-bond donors (Lipinski definition) is 1. The van der Waals surface area contributed by atoms with Crippen LogP contribution in [0.2, 0.25) is 0 Å². The lowest BCUT2D eigenvalue weighted by atomic mass is 10.2. The van der Waals surface area contributed by atoms with Crippen LogP contribution < -0.4 is 0 Å². The van der Waals surface area contributed by atoms with Gasteiger partial charge in [-0.25, -0.2) is 8.42 Å². The standard InChI is InChI=1S/C11H14BrNO4S2/c12-11-10(3-9(6-14)18-11)19(15,16)13-4-7-1-2-8(5-13)17-7/h3,7-8,14H,1-2,4-6H2. The van der Waals surface area contributed by atoms with Crippen molar-refractivity contribution in [2.45, 2.75) is 36.6 Å². The summed E-state index contributed by atoms with van der Waals surface area (Å²) in [6.45, 7) is 0.707. The van der Waals surface area contributed by atoms with E-state index in [9.17, 15) is 8.42 Å². The summed E-state index contributed by atoms with van der Waals surface area (Å²) in [6, 6.07) is 1.54. The van der Waals surface area contributed by atoms with Crippen LogP contribution >= 0.6 is 27.3 Å². The molecule has 0 aromatic carbocycles. The number of thiophene rings is 1. The molecule has 2 aliphatic rings. The van der Waals surface area contributed by atoms with Crippen LogP contribution in [0.3, 0.4) is 0 Å². The van der Waals surface area contributed by atoms with E-state index in [0.29, 0.717) is 21.8 Å². The zero-order valence-electron chi connectivity index (χ0n) is 10.1. The minimum absolute atomic E-state index is 0.0308. The predicted octanol–water partition coefficient (Wildman–Crippen LogP) is 1.55. The van der Waals surface area contributed by atoms with Gasteiger partial charge in [-0.3, -0.25) is 0 Å². The van der Waals surface area contributed by atoms with Crippen molar-refractivity contribution in [2.24, 2.45) is 0 Å². The van der Waals surface area contributed by atoms with Crippen molar-refractivity contribution in [3.63, 3.8) is 0 Å². The number of ether oxygens (including phenoxy) is 1. The van der Waals surface area contributed by atoms with Crippen molar-refractivity contribution in [3.05, 3.63) is 14.7 Å². The zero-order chi connectivity index (χ0) is 13.6. The number of sulfonamides is 1. The highest BCUT2D eigenvalue weighted by Gasteiger charge is 2.40. The van der Waals surface area contributed by atoms with Crippen molar-refractivity contribution in [2.75, 3.05) is 13.1 Å². The summed E-state index contributed by atoms with van der Waals surface area (Å²) in [7, 11) is -3.50. The first-order valence-electron chi connectivity index (χ1n) is 6.05. The first-order valence-corrected chi connectivity index (χ1v) is 9.10. The van der Waals surface area contributed by atoms with Crippen LogP contribution in [0.15, 0.2) is 14.7 Å². The highest BCUT2D eigenvalue weighted by atomic mass is 79.9. The summed E-state index contributed by atoms with van der Waals surface area (Å²) in [5.41, 5.74) is 0. The highest BCUT2D eigenvalue weighted by molar-refractivity contribution is 9.11. The molecule has 0 spiro atoms. The molecule has 19 heavy (non-hydrogen) atoms. The second-order valence-corrected chi connectivity index (χ2v) is 9.15. The number of hydrogen-bond acceptors (Lipinski definition) is 5.